The molecule has 0 radical (unpaired) electrons. The molecule has 0 fully saturated rings. The molecule has 0 unspecified atom stereocenters. The Hall–Kier alpha value is -1.90. The van der Waals surface area contributed by atoms with Crippen LogP contribution in [0.5, 0.6) is 0 Å². The maximum atomic E-state index is 4.35. The molecule has 1 aromatic carbocycles. The summed E-state index contributed by atoms with van der Waals surface area (Å²) in [7, 11) is 0. The molecule has 0 atom stereocenters. The molecule has 0 amide bonds. The third kappa shape index (κ3) is 3.04. The Morgan fingerprint density at radius 1 is 1.17 bits per heavy atom. The molecule has 122 valence electrons. The molecule has 2 heterocycles. The maximum Gasteiger partial charge on any atom is 0.0378 e. The highest BCUT2D eigenvalue weighted by Gasteiger charge is 2.12. The van der Waals surface area contributed by atoms with Gasteiger partial charge in [0.1, 0.15) is 0 Å². The number of benzene rings is 1. The molecule has 0 bridgehead atoms. The van der Waals surface area contributed by atoms with Gasteiger partial charge in [-0.2, -0.15) is 0 Å². The van der Waals surface area contributed by atoms with Crippen molar-refractivity contribution in [1.29, 1.82) is 0 Å². The number of aryl methyl sites for hydroxylation is 1. The van der Waals surface area contributed by atoms with Gasteiger partial charge in [0.2, 0.25) is 0 Å². The summed E-state index contributed by atoms with van der Waals surface area (Å²) < 4.78 is 2.71. The van der Waals surface area contributed by atoms with Gasteiger partial charge in [-0.15, -0.1) is 22.7 Å². The highest BCUT2D eigenvalue weighted by molar-refractivity contribution is 7.21. The quantitative estimate of drug-likeness (QED) is 0.419. The third-order valence-electron chi connectivity index (χ3n) is 4.37. The van der Waals surface area contributed by atoms with Gasteiger partial charge in [0.25, 0.3) is 0 Å². The van der Waals surface area contributed by atoms with Crippen LogP contribution >= 0.6 is 22.7 Å². The van der Waals surface area contributed by atoms with Crippen LogP contribution in [0.15, 0.2) is 65.6 Å². The number of hydrogen-bond donors (Lipinski definition) is 0. The van der Waals surface area contributed by atoms with Gasteiger partial charge in [-0.1, -0.05) is 24.8 Å². The topological polar surface area (TPSA) is 0 Å². The minimum Gasteiger partial charge on any atom is -0.144 e. The molecule has 2 heteroatoms. The molecular weight excluding hydrogens is 328 g/mol. The van der Waals surface area contributed by atoms with Crippen molar-refractivity contribution in [1.82, 2.24) is 0 Å². The number of hydrogen-bond acceptors (Lipinski definition) is 2. The molecule has 2 aromatic heterocycles. The average Bonchev–Trinajstić information content (AvgIpc) is 3.16. The number of allylic oxidation sites excluding steroid dienone is 7. The van der Waals surface area contributed by atoms with E-state index in [1.165, 1.54) is 41.8 Å². The maximum absolute atomic E-state index is 4.35. The zero-order valence-electron chi connectivity index (χ0n) is 14.6. The Morgan fingerprint density at radius 3 is 2.67 bits per heavy atom. The second kappa shape index (κ2) is 6.92. The predicted molar refractivity (Wildman–Crippen MR) is 113 cm³/mol. The van der Waals surface area contributed by atoms with E-state index in [4.69, 9.17) is 0 Å². The van der Waals surface area contributed by atoms with Crippen molar-refractivity contribution in [2.75, 3.05) is 0 Å². The summed E-state index contributed by atoms with van der Waals surface area (Å²) in [6.07, 6.45) is 8.58. The zero-order chi connectivity index (χ0) is 17.3. The van der Waals surface area contributed by atoms with Crippen molar-refractivity contribution in [3.63, 3.8) is 0 Å². The standard InChI is InChI=1S/C22H22S2/c1-6-8-17(14(3)7-2)11-15(4)22-16(5)19-12-18-9-10-23-20(18)13-21(19)24-22/h6-13H,4H2,1-3,5H3/b8-6-,14-7-,17-11-. The largest absolute Gasteiger partial charge is 0.144 e. The molecule has 0 spiro atoms. The van der Waals surface area contributed by atoms with Crippen LogP contribution in [0.25, 0.3) is 25.7 Å². The van der Waals surface area contributed by atoms with Crippen LogP contribution in [0.2, 0.25) is 0 Å². The van der Waals surface area contributed by atoms with E-state index < -0.39 is 0 Å². The fourth-order valence-electron chi connectivity index (χ4n) is 2.88. The molecule has 24 heavy (non-hydrogen) atoms. The summed E-state index contributed by atoms with van der Waals surface area (Å²) in [5.74, 6) is 0. The monoisotopic (exact) mass is 350 g/mol. The van der Waals surface area contributed by atoms with Crippen molar-refractivity contribution >= 4 is 48.4 Å². The van der Waals surface area contributed by atoms with Gasteiger partial charge in [0.05, 0.1) is 0 Å². The molecule has 0 N–H and O–H groups in total. The molecule has 0 saturated carbocycles. The summed E-state index contributed by atoms with van der Waals surface area (Å²) in [6.45, 7) is 12.8. The van der Waals surface area contributed by atoms with Gasteiger partial charge in [0.15, 0.2) is 0 Å². The lowest BCUT2D eigenvalue weighted by atomic mass is 10.0. The Morgan fingerprint density at radius 2 is 1.96 bits per heavy atom. The minimum atomic E-state index is 1.09. The first-order valence-corrected chi connectivity index (χ1v) is 9.82. The molecule has 0 aliphatic heterocycles. The van der Waals surface area contributed by atoms with Gasteiger partial charge in [-0.3, -0.25) is 0 Å². The van der Waals surface area contributed by atoms with E-state index in [9.17, 15) is 0 Å². The molecule has 0 nitrogen and oxygen atoms in total. The smallest absolute Gasteiger partial charge is 0.0378 e. The fourth-order valence-corrected chi connectivity index (χ4v) is 4.93. The van der Waals surface area contributed by atoms with E-state index >= 15 is 0 Å². The molecule has 3 aromatic rings. The number of rotatable bonds is 4. The summed E-state index contributed by atoms with van der Waals surface area (Å²) in [5.41, 5.74) is 4.92. The predicted octanol–water partition coefficient (Wildman–Crippen LogP) is 7.91. The molecule has 3 rings (SSSR count). The zero-order valence-corrected chi connectivity index (χ0v) is 16.3. The molecule has 0 aliphatic carbocycles. The third-order valence-corrected chi connectivity index (χ3v) is 6.58. The van der Waals surface area contributed by atoms with Crippen LogP contribution in [0.3, 0.4) is 0 Å². The summed E-state index contributed by atoms with van der Waals surface area (Å²) in [6, 6.07) is 6.83. The Labute approximate surface area is 152 Å². The minimum absolute atomic E-state index is 1.09. The summed E-state index contributed by atoms with van der Waals surface area (Å²) in [4.78, 5) is 1.29. The van der Waals surface area contributed by atoms with Crippen molar-refractivity contribution in [2.24, 2.45) is 0 Å². The van der Waals surface area contributed by atoms with Crippen molar-refractivity contribution in [2.45, 2.75) is 27.7 Å². The van der Waals surface area contributed by atoms with Crippen molar-refractivity contribution in [3.05, 3.63) is 76.0 Å². The first-order chi connectivity index (χ1) is 11.5. The van der Waals surface area contributed by atoms with Gasteiger partial charge >= 0.3 is 0 Å². The molecular formula is C22H22S2. The first-order valence-electron chi connectivity index (χ1n) is 8.12. The van der Waals surface area contributed by atoms with Crippen LogP contribution in [0.4, 0.5) is 0 Å². The first kappa shape index (κ1) is 16.9. The van der Waals surface area contributed by atoms with Crippen LogP contribution in [-0.2, 0) is 0 Å². The number of fused-ring (bicyclic) bond motifs is 2. The number of thiophene rings is 2. The van der Waals surface area contributed by atoms with Crippen molar-refractivity contribution < 1.29 is 0 Å². The summed E-state index contributed by atoms with van der Waals surface area (Å²) >= 11 is 3.65. The summed E-state index contributed by atoms with van der Waals surface area (Å²) in [5, 5.41) is 4.85. The lowest BCUT2D eigenvalue weighted by molar-refractivity contribution is 1.39. The Balaban J connectivity index is 2.11. The fraction of sp³-hybridized carbons (Fsp3) is 0.182. The van der Waals surface area contributed by atoms with Gasteiger partial charge in [0, 0.05) is 14.3 Å². The van der Waals surface area contributed by atoms with Crippen LogP contribution in [0, 0.1) is 6.92 Å². The highest BCUT2D eigenvalue weighted by Crippen LogP contribution is 2.39. The highest BCUT2D eigenvalue weighted by atomic mass is 32.1. The van der Waals surface area contributed by atoms with Crippen LogP contribution < -0.4 is 0 Å². The van der Waals surface area contributed by atoms with Gasteiger partial charge < -0.3 is 0 Å². The van der Waals surface area contributed by atoms with Crippen LogP contribution in [0.1, 0.15) is 31.2 Å². The van der Waals surface area contributed by atoms with Gasteiger partial charge in [-0.25, -0.2) is 0 Å². The van der Waals surface area contributed by atoms with E-state index in [0.29, 0.717) is 0 Å². The van der Waals surface area contributed by atoms with E-state index in [0.717, 1.165) is 5.57 Å². The SMILES string of the molecule is C=C(/C=C(/C=C\C)C(\C)=C/C)c1sc2cc3sccc3cc2c1C. The van der Waals surface area contributed by atoms with Gasteiger partial charge in [-0.05, 0) is 90.4 Å². The molecule has 0 saturated heterocycles. The second-order valence-electron chi connectivity index (χ2n) is 5.96. The lowest BCUT2D eigenvalue weighted by Gasteiger charge is -2.05. The van der Waals surface area contributed by atoms with E-state index in [1.807, 2.05) is 11.3 Å². The van der Waals surface area contributed by atoms with Crippen molar-refractivity contribution in [3.8, 4) is 0 Å². The second-order valence-corrected chi connectivity index (χ2v) is 7.96. The average molecular weight is 351 g/mol. The van der Waals surface area contributed by atoms with E-state index in [2.05, 4.69) is 82.2 Å². The van der Waals surface area contributed by atoms with E-state index in [1.54, 1.807) is 11.3 Å². The van der Waals surface area contributed by atoms with Crippen LogP contribution in [-0.4, -0.2) is 0 Å². The lowest BCUT2D eigenvalue weighted by Crippen LogP contribution is -1.84. The normalized spacial score (nSPS) is 13.5. The Kier molecular flexibility index (Phi) is 4.88. The molecule has 0 aliphatic rings. The Bertz CT molecular complexity index is 1000. The van der Waals surface area contributed by atoms with E-state index in [-0.39, 0.29) is 0 Å².